The monoisotopic (exact) mass is 434 g/mol. The lowest BCUT2D eigenvalue weighted by molar-refractivity contribution is -0.00454. The summed E-state index contributed by atoms with van der Waals surface area (Å²) in [6.45, 7) is 2.07. The molecule has 3 amide bonds. The average Bonchev–Trinajstić information content (AvgIpc) is 2.81. The van der Waals surface area contributed by atoms with Gasteiger partial charge >= 0.3 is 6.03 Å². The third-order valence-corrected chi connectivity index (χ3v) is 8.14. The highest BCUT2D eigenvalue weighted by molar-refractivity contribution is 5.97. The number of morpholine rings is 1. The van der Waals surface area contributed by atoms with Crippen LogP contribution < -0.4 is 10.9 Å². The lowest BCUT2D eigenvalue weighted by Crippen LogP contribution is -2.52. The van der Waals surface area contributed by atoms with Gasteiger partial charge in [-0.1, -0.05) is 18.2 Å². The van der Waals surface area contributed by atoms with Crippen molar-refractivity contribution in [2.45, 2.75) is 43.9 Å². The van der Waals surface area contributed by atoms with E-state index >= 15 is 0 Å². The van der Waals surface area contributed by atoms with E-state index in [1.807, 2.05) is 18.2 Å². The minimum atomic E-state index is -0.372. The molecule has 7 rings (SSSR count). The van der Waals surface area contributed by atoms with Crippen molar-refractivity contribution in [1.29, 1.82) is 0 Å². The van der Waals surface area contributed by atoms with Crippen LogP contribution in [0, 0.1) is 17.8 Å². The minimum absolute atomic E-state index is 0.156. The van der Waals surface area contributed by atoms with Gasteiger partial charge < -0.3 is 9.64 Å². The van der Waals surface area contributed by atoms with Crippen molar-refractivity contribution in [2.24, 2.45) is 17.8 Å². The SMILES string of the molecule is O=C(NNC(=O)N1CCOCC1)c1cc(C23CC4CC(CC(C4)C2)C3)c2ccccc2n1. The van der Waals surface area contributed by atoms with Crippen LogP contribution in [0.5, 0.6) is 0 Å². The van der Waals surface area contributed by atoms with Gasteiger partial charge in [-0.25, -0.2) is 15.2 Å². The van der Waals surface area contributed by atoms with E-state index in [9.17, 15) is 9.59 Å². The number of fused-ring (bicyclic) bond motifs is 1. The maximum Gasteiger partial charge on any atom is 0.336 e. The number of pyridine rings is 1. The van der Waals surface area contributed by atoms with E-state index in [1.165, 1.54) is 49.5 Å². The Labute approximate surface area is 187 Å². The molecule has 4 saturated carbocycles. The van der Waals surface area contributed by atoms with Gasteiger partial charge in [-0.3, -0.25) is 10.2 Å². The third-order valence-electron chi connectivity index (χ3n) is 8.14. The first-order chi connectivity index (χ1) is 15.6. The molecule has 0 radical (unpaired) electrons. The number of benzene rings is 1. The number of nitrogens with zero attached hydrogens (tertiary/aromatic N) is 2. The molecule has 4 bridgehead atoms. The summed E-state index contributed by atoms with van der Waals surface area (Å²) in [4.78, 5) is 31.7. The van der Waals surface area contributed by atoms with Gasteiger partial charge in [0.25, 0.3) is 5.91 Å². The highest BCUT2D eigenvalue weighted by atomic mass is 16.5. The summed E-state index contributed by atoms with van der Waals surface area (Å²) < 4.78 is 5.28. The Bertz CT molecular complexity index is 1030. The van der Waals surface area contributed by atoms with Gasteiger partial charge in [0.1, 0.15) is 5.69 Å². The lowest BCUT2D eigenvalue weighted by Gasteiger charge is -2.57. The molecule has 1 saturated heterocycles. The summed E-state index contributed by atoms with van der Waals surface area (Å²) in [5.41, 5.74) is 7.79. The van der Waals surface area contributed by atoms with Gasteiger partial charge in [0.05, 0.1) is 18.7 Å². The van der Waals surface area contributed by atoms with E-state index in [-0.39, 0.29) is 17.4 Å². The van der Waals surface area contributed by atoms with Crippen LogP contribution in [0.4, 0.5) is 4.79 Å². The summed E-state index contributed by atoms with van der Waals surface area (Å²) >= 11 is 0. The van der Waals surface area contributed by atoms with Crippen LogP contribution in [0.2, 0.25) is 0 Å². The Hall–Kier alpha value is -2.67. The predicted molar refractivity (Wildman–Crippen MR) is 120 cm³/mol. The zero-order valence-corrected chi connectivity index (χ0v) is 18.3. The molecule has 1 aromatic heterocycles. The Morgan fingerprint density at radius 2 is 1.62 bits per heavy atom. The van der Waals surface area contributed by atoms with Gasteiger partial charge in [-0.15, -0.1) is 0 Å². The summed E-state index contributed by atoms with van der Waals surface area (Å²) in [5.74, 6) is 2.08. The third kappa shape index (κ3) is 3.43. The van der Waals surface area contributed by atoms with E-state index in [4.69, 9.17) is 4.74 Å². The number of nitrogens with one attached hydrogen (secondary N) is 2. The first kappa shape index (κ1) is 20.0. The molecule has 0 atom stereocenters. The van der Waals surface area contributed by atoms with E-state index in [2.05, 4.69) is 28.0 Å². The molecule has 2 N–H and O–H groups in total. The summed E-state index contributed by atoms with van der Waals surface area (Å²) in [5, 5.41) is 1.17. The van der Waals surface area contributed by atoms with Crippen LogP contribution in [-0.2, 0) is 10.2 Å². The highest BCUT2D eigenvalue weighted by Gasteiger charge is 2.52. The molecule has 1 aliphatic heterocycles. The van der Waals surface area contributed by atoms with Crippen molar-refractivity contribution in [3.8, 4) is 0 Å². The number of carbonyl (C=O) groups excluding carboxylic acids is 2. The molecule has 7 nitrogen and oxygen atoms in total. The predicted octanol–water partition coefficient (Wildman–Crippen LogP) is 3.39. The normalized spacial score (nSPS) is 31.0. The van der Waals surface area contributed by atoms with Crippen molar-refractivity contribution >= 4 is 22.8 Å². The number of rotatable bonds is 2. The second kappa shape index (κ2) is 7.73. The maximum absolute atomic E-state index is 13.0. The van der Waals surface area contributed by atoms with E-state index < -0.39 is 0 Å². The number of ether oxygens (including phenoxy) is 1. The Balaban J connectivity index is 1.29. The molecule has 168 valence electrons. The number of hydrogen-bond acceptors (Lipinski definition) is 4. The van der Waals surface area contributed by atoms with E-state index in [0.717, 1.165) is 23.3 Å². The summed E-state index contributed by atoms with van der Waals surface area (Å²) in [6, 6.07) is 9.87. The molecule has 7 heteroatoms. The second-order valence-corrected chi connectivity index (χ2v) is 10.3. The average molecular weight is 435 g/mol. The molecule has 0 unspecified atom stereocenters. The summed E-state index contributed by atoms with van der Waals surface area (Å²) in [6.07, 6.45) is 7.81. The minimum Gasteiger partial charge on any atom is -0.378 e. The molecule has 2 aromatic rings. The lowest BCUT2D eigenvalue weighted by atomic mass is 9.48. The van der Waals surface area contributed by atoms with Crippen LogP contribution in [0.25, 0.3) is 10.9 Å². The topological polar surface area (TPSA) is 83.6 Å². The number of carbonyl (C=O) groups is 2. The number of hydrogen-bond donors (Lipinski definition) is 2. The largest absolute Gasteiger partial charge is 0.378 e. The fourth-order valence-electron chi connectivity index (χ4n) is 7.19. The zero-order chi connectivity index (χ0) is 21.7. The molecule has 0 spiro atoms. The van der Waals surface area contributed by atoms with E-state index in [0.29, 0.717) is 32.0 Å². The van der Waals surface area contributed by atoms with Gasteiger partial charge in [0.2, 0.25) is 0 Å². The molecular formula is C25H30N4O3. The highest BCUT2D eigenvalue weighted by Crippen LogP contribution is 2.61. The van der Waals surface area contributed by atoms with Crippen molar-refractivity contribution in [3.63, 3.8) is 0 Å². The number of urea groups is 1. The quantitative estimate of drug-likeness (QED) is 0.710. The number of hydrazine groups is 1. The van der Waals surface area contributed by atoms with Crippen molar-refractivity contribution in [3.05, 3.63) is 41.6 Å². The zero-order valence-electron chi connectivity index (χ0n) is 18.3. The summed E-state index contributed by atoms with van der Waals surface area (Å²) in [7, 11) is 0. The van der Waals surface area contributed by atoms with Crippen molar-refractivity contribution < 1.29 is 14.3 Å². The molecular weight excluding hydrogens is 404 g/mol. The molecule has 5 fully saturated rings. The van der Waals surface area contributed by atoms with Crippen LogP contribution in [-0.4, -0.2) is 48.1 Å². The van der Waals surface area contributed by atoms with Gasteiger partial charge in [-0.05, 0) is 79.4 Å². The van der Waals surface area contributed by atoms with Crippen LogP contribution in [0.3, 0.4) is 0 Å². The number of amides is 3. The second-order valence-electron chi connectivity index (χ2n) is 10.3. The molecule has 1 aromatic carbocycles. The fraction of sp³-hybridized carbons (Fsp3) is 0.560. The Kier molecular flexibility index (Phi) is 4.82. The van der Waals surface area contributed by atoms with E-state index in [1.54, 1.807) is 4.90 Å². The van der Waals surface area contributed by atoms with Crippen LogP contribution >= 0.6 is 0 Å². The van der Waals surface area contributed by atoms with Gasteiger partial charge in [0, 0.05) is 18.5 Å². The maximum atomic E-state index is 13.0. The molecule has 2 heterocycles. The Morgan fingerprint density at radius 1 is 0.969 bits per heavy atom. The Morgan fingerprint density at radius 3 is 2.31 bits per heavy atom. The molecule has 4 aliphatic carbocycles. The first-order valence-electron chi connectivity index (χ1n) is 11.9. The van der Waals surface area contributed by atoms with Gasteiger partial charge in [0.15, 0.2) is 0 Å². The van der Waals surface area contributed by atoms with Crippen molar-refractivity contribution in [2.75, 3.05) is 26.3 Å². The molecule has 32 heavy (non-hydrogen) atoms. The van der Waals surface area contributed by atoms with Crippen molar-refractivity contribution in [1.82, 2.24) is 20.7 Å². The van der Waals surface area contributed by atoms with Crippen LogP contribution in [0.15, 0.2) is 30.3 Å². The van der Waals surface area contributed by atoms with Crippen LogP contribution in [0.1, 0.15) is 54.6 Å². The number of aromatic nitrogens is 1. The first-order valence-corrected chi connectivity index (χ1v) is 11.9. The number of para-hydroxylation sites is 1. The smallest absolute Gasteiger partial charge is 0.336 e. The molecule has 5 aliphatic rings. The fourth-order valence-corrected chi connectivity index (χ4v) is 7.19. The van der Waals surface area contributed by atoms with Gasteiger partial charge in [-0.2, -0.15) is 0 Å². The standard InChI is InChI=1S/C25H30N4O3/c30-23(27-28-24(31)29-5-7-32-8-6-29)22-12-20(19-3-1-2-4-21(19)26-22)25-13-16-9-17(14-25)11-18(10-16)15-25/h1-4,12,16-18H,5-11,13-15H2,(H,27,30)(H,28,31).